The van der Waals surface area contributed by atoms with Gasteiger partial charge in [0, 0.05) is 17.6 Å². The minimum atomic E-state index is -1.05. The number of hydrogen-bond acceptors (Lipinski definition) is 7. The second kappa shape index (κ2) is 8.84. The summed E-state index contributed by atoms with van der Waals surface area (Å²) < 4.78 is 6.09. The molecule has 3 rings (SSSR count). The Balaban J connectivity index is 2.25. The maximum atomic E-state index is 13.1. The van der Waals surface area contributed by atoms with Gasteiger partial charge < -0.3 is 15.2 Å². The van der Waals surface area contributed by atoms with Gasteiger partial charge in [-0.1, -0.05) is 23.7 Å². The van der Waals surface area contributed by atoms with Crippen LogP contribution in [0.4, 0.5) is 5.69 Å². The Morgan fingerprint density at radius 3 is 2.45 bits per heavy atom. The van der Waals surface area contributed by atoms with Gasteiger partial charge in [-0.2, -0.15) is 9.78 Å². The lowest BCUT2D eigenvalue weighted by Crippen LogP contribution is -2.44. The first-order valence-corrected chi connectivity index (χ1v) is 9.27. The number of methoxy groups -OCH3 is 1. The zero-order valence-corrected chi connectivity index (χ0v) is 17.2. The Hall–Kier alpha value is -3.92. The van der Waals surface area contributed by atoms with Gasteiger partial charge in [-0.15, -0.1) is 0 Å². The highest BCUT2D eigenvalue weighted by atomic mass is 35.5. The van der Waals surface area contributed by atoms with E-state index >= 15 is 0 Å². The van der Waals surface area contributed by atoms with Gasteiger partial charge in [0.15, 0.2) is 0 Å². The molecule has 0 aliphatic carbocycles. The molecule has 0 unspecified atom stereocenters. The molecule has 1 aromatic heterocycles. The number of nitrogens with zero attached hydrogens (tertiary/aromatic N) is 3. The second-order valence-corrected chi connectivity index (χ2v) is 6.87. The largest absolute Gasteiger partial charge is 0.506 e. The van der Waals surface area contributed by atoms with Crippen LogP contribution in [0.2, 0.25) is 5.02 Å². The number of aromatic nitrogens is 3. The molecule has 1 amide bonds. The summed E-state index contributed by atoms with van der Waals surface area (Å²) in [4.78, 5) is 49.4. The van der Waals surface area contributed by atoms with Crippen molar-refractivity contribution in [1.82, 2.24) is 14.3 Å². The molecular formula is C20H17ClN4O6. The van der Waals surface area contributed by atoms with E-state index in [0.29, 0.717) is 15.3 Å². The monoisotopic (exact) mass is 444 g/mol. The average Bonchev–Trinajstić information content (AvgIpc) is 2.73. The van der Waals surface area contributed by atoms with E-state index in [2.05, 4.69) is 15.2 Å². The Morgan fingerprint density at radius 2 is 1.84 bits per heavy atom. The number of hydrogen-bond donors (Lipinski definition) is 2. The lowest BCUT2D eigenvalue weighted by atomic mass is 10.2. The van der Waals surface area contributed by atoms with E-state index in [1.807, 2.05) is 0 Å². The van der Waals surface area contributed by atoms with Crippen LogP contribution >= 0.6 is 11.6 Å². The molecule has 10 nitrogen and oxygen atoms in total. The molecular weight excluding hydrogens is 428 g/mol. The van der Waals surface area contributed by atoms with Gasteiger partial charge in [0.1, 0.15) is 11.4 Å². The molecule has 31 heavy (non-hydrogen) atoms. The quantitative estimate of drug-likeness (QED) is 0.450. The van der Waals surface area contributed by atoms with Crippen molar-refractivity contribution in [2.24, 2.45) is 0 Å². The summed E-state index contributed by atoms with van der Waals surface area (Å²) in [7, 11) is 1.07. The van der Waals surface area contributed by atoms with Gasteiger partial charge in [-0.25, -0.2) is 9.59 Å². The smallest absolute Gasteiger partial charge is 0.364 e. The summed E-state index contributed by atoms with van der Waals surface area (Å²) in [5, 5.41) is 17.1. The third kappa shape index (κ3) is 4.64. The van der Waals surface area contributed by atoms with Crippen LogP contribution in [-0.4, -0.2) is 38.4 Å². The molecule has 0 bridgehead atoms. The van der Waals surface area contributed by atoms with E-state index in [-0.39, 0.29) is 29.6 Å². The number of benzene rings is 2. The number of esters is 1. The highest BCUT2D eigenvalue weighted by Crippen LogP contribution is 2.23. The molecule has 3 aromatic rings. The van der Waals surface area contributed by atoms with Crippen molar-refractivity contribution in [3.63, 3.8) is 0 Å². The van der Waals surface area contributed by atoms with Crippen molar-refractivity contribution >= 4 is 29.2 Å². The van der Waals surface area contributed by atoms with Crippen LogP contribution < -0.4 is 16.6 Å². The minimum Gasteiger partial charge on any atom is -0.506 e. The van der Waals surface area contributed by atoms with Gasteiger partial charge in [-0.3, -0.25) is 14.2 Å². The lowest BCUT2D eigenvalue weighted by Gasteiger charge is -2.13. The van der Waals surface area contributed by atoms with Crippen molar-refractivity contribution in [1.29, 1.82) is 0 Å². The second-order valence-electron chi connectivity index (χ2n) is 6.44. The molecule has 0 atom stereocenters. The fourth-order valence-corrected chi connectivity index (χ4v) is 2.91. The summed E-state index contributed by atoms with van der Waals surface area (Å²) in [5.41, 5.74) is -1.84. The third-order valence-electron chi connectivity index (χ3n) is 4.22. The van der Waals surface area contributed by atoms with E-state index in [4.69, 9.17) is 11.6 Å². The number of ether oxygens (including phenoxy) is 1. The van der Waals surface area contributed by atoms with E-state index in [9.17, 15) is 24.3 Å². The van der Waals surface area contributed by atoms with E-state index in [0.717, 1.165) is 11.7 Å². The summed E-state index contributed by atoms with van der Waals surface area (Å²) in [6.45, 7) is 1.10. The van der Waals surface area contributed by atoms with Crippen molar-refractivity contribution in [2.45, 2.75) is 13.5 Å². The van der Waals surface area contributed by atoms with Crippen molar-refractivity contribution in [2.75, 3.05) is 12.4 Å². The van der Waals surface area contributed by atoms with Gasteiger partial charge >= 0.3 is 11.7 Å². The van der Waals surface area contributed by atoms with Crippen LogP contribution in [-0.2, 0) is 16.1 Å². The average molecular weight is 445 g/mol. The SMILES string of the molecule is COC(=O)c1nn(-c2cc(NC(C)=O)ccc2O)c(=O)n(Cc2ccc(Cl)cc2)c1=O. The first-order valence-electron chi connectivity index (χ1n) is 8.89. The van der Waals surface area contributed by atoms with E-state index < -0.39 is 22.9 Å². The van der Waals surface area contributed by atoms with Crippen molar-refractivity contribution in [3.8, 4) is 11.4 Å². The van der Waals surface area contributed by atoms with Crippen molar-refractivity contribution < 1.29 is 19.4 Å². The normalized spacial score (nSPS) is 10.5. The zero-order chi connectivity index (χ0) is 22.7. The van der Waals surface area contributed by atoms with Crippen LogP contribution in [0.3, 0.4) is 0 Å². The van der Waals surface area contributed by atoms with Crippen LogP contribution in [0.25, 0.3) is 5.69 Å². The summed E-state index contributed by atoms with van der Waals surface area (Å²) >= 11 is 5.87. The Labute approximate surface area is 180 Å². The topological polar surface area (TPSA) is 133 Å². The number of phenolic OH excluding ortho intramolecular Hbond substituents is 1. The molecule has 0 aliphatic rings. The summed E-state index contributed by atoms with van der Waals surface area (Å²) in [6, 6.07) is 10.3. The predicted octanol–water partition coefficient (Wildman–Crippen LogP) is 1.55. The number of anilines is 1. The van der Waals surface area contributed by atoms with E-state index in [1.165, 1.54) is 25.1 Å². The highest BCUT2D eigenvalue weighted by Gasteiger charge is 2.22. The Kier molecular flexibility index (Phi) is 6.21. The van der Waals surface area contributed by atoms with E-state index in [1.54, 1.807) is 24.3 Å². The number of aromatic hydroxyl groups is 1. The number of rotatable bonds is 5. The Bertz CT molecular complexity index is 1280. The molecule has 11 heteroatoms. The number of phenols is 1. The fraction of sp³-hybridized carbons (Fsp3) is 0.150. The van der Waals surface area contributed by atoms with Gasteiger partial charge in [-0.05, 0) is 35.9 Å². The van der Waals surface area contributed by atoms with Crippen molar-refractivity contribution in [3.05, 3.63) is 79.6 Å². The Morgan fingerprint density at radius 1 is 1.16 bits per heavy atom. The molecule has 0 radical (unpaired) electrons. The molecule has 0 fully saturated rings. The molecule has 0 aliphatic heterocycles. The molecule has 0 spiro atoms. The first kappa shape index (κ1) is 21.8. The summed E-state index contributed by atoms with van der Waals surface area (Å²) in [5.74, 6) is -1.79. The number of halogens is 1. The van der Waals surface area contributed by atoms with Crippen LogP contribution in [0, 0.1) is 0 Å². The van der Waals surface area contributed by atoms with Crippen LogP contribution in [0.5, 0.6) is 5.75 Å². The van der Waals surface area contributed by atoms with Crippen LogP contribution in [0.15, 0.2) is 52.1 Å². The zero-order valence-electron chi connectivity index (χ0n) is 16.5. The first-order chi connectivity index (χ1) is 14.7. The molecule has 0 saturated carbocycles. The summed E-state index contributed by atoms with van der Waals surface area (Å²) in [6.07, 6.45) is 0. The lowest BCUT2D eigenvalue weighted by molar-refractivity contribution is -0.114. The number of carbonyl (C=O) groups excluding carboxylic acids is 2. The van der Waals surface area contributed by atoms with Crippen LogP contribution in [0.1, 0.15) is 23.0 Å². The molecule has 0 saturated heterocycles. The maximum Gasteiger partial charge on any atom is 0.364 e. The predicted molar refractivity (Wildman–Crippen MR) is 112 cm³/mol. The number of nitrogens with one attached hydrogen (secondary N) is 1. The maximum absolute atomic E-state index is 13.1. The third-order valence-corrected chi connectivity index (χ3v) is 4.47. The minimum absolute atomic E-state index is 0.147. The number of amides is 1. The number of carbonyl (C=O) groups is 2. The van der Waals surface area contributed by atoms with Gasteiger partial charge in [0.25, 0.3) is 5.56 Å². The molecule has 1 heterocycles. The highest BCUT2D eigenvalue weighted by molar-refractivity contribution is 6.30. The van der Waals surface area contributed by atoms with Gasteiger partial charge in [0.05, 0.1) is 13.7 Å². The molecule has 160 valence electrons. The van der Waals surface area contributed by atoms with Gasteiger partial charge in [0.2, 0.25) is 11.6 Å². The standard InChI is InChI=1S/C20H17ClN4O6/c1-11(26)22-14-7-8-16(27)15(9-14)25-20(30)24(10-12-3-5-13(21)6-4-12)18(28)17(23-25)19(29)31-2/h3-9,27H,10H2,1-2H3,(H,22,26). The fourth-order valence-electron chi connectivity index (χ4n) is 2.78. The molecule has 2 aromatic carbocycles. The molecule has 2 N–H and O–H groups in total.